The number of carbonyl (C=O) groups excluding carboxylic acids is 1. The van der Waals surface area contributed by atoms with Crippen LogP contribution < -0.4 is 15.6 Å². The first-order valence-corrected chi connectivity index (χ1v) is 8.51. The van der Waals surface area contributed by atoms with Crippen molar-refractivity contribution in [1.82, 2.24) is 20.1 Å². The number of nitrogens with zero attached hydrogens (tertiary/aromatic N) is 3. The van der Waals surface area contributed by atoms with E-state index in [2.05, 4.69) is 15.4 Å². The van der Waals surface area contributed by atoms with Gasteiger partial charge in [0.25, 0.3) is 11.5 Å². The summed E-state index contributed by atoms with van der Waals surface area (Å²) in [5, 5.41) is 6.84. The molecule has 0 saturated carbocycles. The smallest absolute Gasteiger partial charge is 0.272 e. The Morgan fingerprint density at radius 1 is 1.19 bits per heavy atom. The summed E-state index contributed by atoms with van der Waals surface area (Å²) in [5.41, 5.74) is 1.65. The fourth-order valence-electron chi connectivity index (χ4n) is 2.49. The highest BCUT2D eigenvalue weighted by Crippen LogP contribution is 2.20. The second-order valence-electron chi connectivity index (χ2n) is 6.06. The molecule has 1 N–H and O–H groups in total. The lowest BCUT2D eigenvalue weighted by Crippen LogP contribution is -2.30. The minimum atomic E-state index is -0.349. The van der Waals surface area contributed by atoms with Gasteiger partial charge in [-0.2, -0.15) is 5.10 Å². The minimum absolute atomic E-state index is 0.187. The molecule has 0 aliphatic rings. The first kappa shape index (κ1) is 18.3. The predicted molar refractivity (Wildman–Crippen MR) is 100 cm³/mol. The van der Waals surface area contributed by atoms with Crippen molar-refractivity contribution in [1.29, 1.82) is 0 Å². The third-order valence-electron chi connectivity index (χ3n) is 4.01. The van der Waals surface area contributed by atoms with Gasteiger partial charge in [0, 0.05) is 19.3 Å². The number of carbonyl (C=O) groups is 1. The van der Waals surface area contributed by atoms with Gasteiger partial charge in [-0.1, -0.05) is 18.2 Å². The van der Waals surface area contributed by atoms with E-state index in [4.69, 9.17) is 4.74 Å². The van der Waals surface area contributed by atoms with Crippen molar-refractivity contribution in [3.8, 4) is 5.75 Å². The lowest BCUT2D eigenvalue weighted by Gasteiger charge is -2.15. The van der Waals surface area contributed by atoms with Crippen molar-refractivity contribution in [2.24, 2.45) is 7.05 Å². The minimum Gasteiger partial charge on any atom is -0.487 e. The largest absolute Gasteiger partial charge is 0.487 e. The van der Waals surface area contributed by atoms with Crippen molar-refractivity contribution >= 4 is 5.91 Å². The molecule has 138 valence electrons. The predicted octanol–water partition coefficient (Wildman–Crippen LogP) is 2.25. The number of ether oxygens (including phenoxy) is 1. The first-order chi connectivity index (χ1) is 13.0. The van der Waals surface area contributed by atoms with Crippen LogP contribution in [0, 0.1) is 0 Å². The molecule has 0 aliphatic carbocycles. The van der Waals surface area contributed by atoms with Gasteiger partial charge in [0.15, 0.2) is 0 Å². The number of aromatic nitrogens is 3. The molecule has 0 radical (unpaired) electrons. The maximum absolute atomic E-state index is 12.4. The summed E-state index contributed by atoms with van der Waals surface area (Å²) < 4.78 is 6.91. The number of nitrogens with one attached hydrogen (secondary N) is 1. The topological polar surface area (TPSA) is 86.1 Å². The molecular formula is C20H20N4O3. The molecule has 27 heavy (non-hydrogen) atoms. The van der Waals surface area contributed by atoms with Crippen molar-refractivity contribution in [2.75, 3.05) is 0 Å². The van der Waals surface area contributed by atoms with E-state index >= 15 is 0 Å². The number of hydrogen-bond acceptors (Lipinski definition) is 5. The summed E-state index contributed by atoms with van der Waals surface area (Å²) in [7, 11) is 1.50. The van der Waals surface area contributed by atoms with Crippen molar-refractivity contribution in [2.45, 2.75) is 19.6 Å². The van der Waals surface area contributed by atoms with E-state index in [1.54, 1.807) is 6.20 Å². The van der Waals surface area contributed by atoms with Crippen LogP contribution in [0.4, 0.5) is 0 Å². The Labute approximate surface area is 156 Å². The highest BCUT2D eigenvalue weighted by molar-refractivity contribution is 5.92. The second-order valence-corrected chi connectivity index (χ2v) is 6.06. The molecule has 7 nitrogen and oxygen atoms in total. The van der Waals surface area contributed by atoms with Gasteiger partial charge >= 0.3 is 0 Å². The van der Waals surface area contributed by atoms with Crippen LogP contribution in [0.1, 0.15) is 34.7 Å². The Balaban J connectivity index is 1.65. The first-order valence-electron chi connectivity index (χ1n) is 8.51. The molecule has 2 aromatic heterocycles. The van der Waals surface area contributed by atoms with Gasteiger partial charge in [-0.15, -0.1) is 0 Å². The maximum atomic E-state index is 12.4. The van der Waals surface area contributed by atoms with Crippen LogP contribution in [0.25, 0.3) is 0 Å². The average Bonchev–Trinajstić information content (AvgIpc) is 2.69. The number of aryl methyl sites for hydroxylation is 1. The lowest BCUT2D eigenvalue weighted by atomic mass is 10.1. The number of pyridine rings is 1. The van der Waals surface area contributed by atoms with Crippen LogP contribution in [0.5, 0.6) is 5.75 Å². The van der Waals surface area contributed by atoms with Crippen molar-refractivity contribution in [3.05, 3.63) is 88.1 Å². The summed E-state index contributed by atoms with van der Waals surface area (Å²) in [5.74, 6) is 0.345. The Kier molecular flexibility index (Phi) is 5.61. The molecule has 2 heterocycles. The third-order valence-corrected chi connectivity index (χ3v) is 4.01. The Hall–Kier alpha value is -3.48. The lowest BCUT2D eigenvalue weighted by molar-refractivity contribution is 0.0932. The van der Waals surface area contributed by atoms with Gasteiger partial charge in [-0.25, -0.2) is 4.68 Å². The van der Waals surface area contributed by atoms with Crippen LogP contribution in [-0.4, -0.2) is 20.7 Å². The molecule has 0 spiro atoms. The third kappa shape index (κ3) is 4.78. The van der Waals surface area contributed by atoms with Crippen LogP contribution in [0.15, 0.2) is 65.6 Å². The normalized spacial score (nSPS) is 11.6. The molecule has 1 atom stereocenters. The highest BCUT2D eigenvalue weighted by Gasteiger charge is 2.14. The van der Waals surface area contributed by atoms with Crippen LogP contribution in [0.3, 0.4) is 0 Å². The van der Waals surface area contributed by atoms with Gasteiger partial charge in [0.2, 0.25) is 0 Å². The van der Waals surface area contributed by atoms with E-state index in [9.17, 15) is 9.59 Å². The average molecular weight is 364 g/mol. The number of hydrogen-bond donors (Lipinski definition) is 1. The molecule has 3 rings (SSSR count). The fourth-order valence-corrected chi connectivity index (χ4v) is 2.49. The Bertz CT molecular complexity index is 986. The molecule has 1 aromatic carbocycles. The van der Waals surface area contributed by atoms with Gasteiger partial charge in [-0.05, 0) is 42.8 Å². The highest BCUT2D eigenvalue weighted by atomic mass is 16.5. The summed E-state index contributed by atoms with van der Waals surface area (Å²) >= 11 is 0. The molecule has 0 bridgehead atoms. The molecule has 7 heteroatoms. The SMILES string of the molecule is CC(NC(=O)c1ccc(=O)n(C)n1)c1cccc(OCc2ccccn2)c1. The zero-order valence-electron chi connectivity index (χ0n) is 15.1. The van der Waals surface area contributed by atoms with E-state index in [0.29, 0.717) is 12.4 Å². The van der Waals surface area contributed by atoms with Gasteiger partial charge < -0.3 is 10.1 Å². The summed E-state index contributed by atoms with van der Waals surface area (Å²) in [6.07, 6.45) is 1.72. The second kappa shape index (κ2) is 8.27. The van der Waals surface area contributed by atoms with Gasteiger partial charge in [0.05, 0.1) is 11.7 Å². The van der Waals surface area contributed by atoms with E-state index in [-0.39, 0.29) is 23.2 Å². The number of amides is 1. The molecular weight excluding hydrogens is 344 g/mol. The zero-order chi connectivity index (χ0) is 19.2. The van der Waals surface area contributed by atoms with E-state index in [0.717, 1.165) is 15.9 Å². The van der Waals surface area contributed by atoms with E-state index in [1.807, 2.05) is 49.4 Å². The van der Waals surface area contributed by atoms with E-state index < -0.39 is 0 Å². The van der Waals surface area contributed by atoms with Crippen molar-refractivity contribution in [3.63, 3.8) is 0 Å². The van der Waals surface area contributed by atoms with E-state index in [1.165, 1.54) is 19.2 Å². The van der Waals surface area contributed by atoms with Crippen LogP contribution >= 0.6 is 0 Å². The maximum Gasteiger partial charge on any atom is 0.272 e. The quantitative estimate of drug-likeness (QED) is 0.725. The molecule has 3 aromatic rings. The molecule has 1 amide bonds. The summed E-state index contributed by atoms with van der Waals surface area (Å²) in [6.45, 7) is 2.24. The number of rotatable bonds is 6. The van der Waals surface area contributed by atoms with Crippen molar-refractivity contribution < 1.29 is 9.53 Å². The Morgan fingerprint density at radius 2 is 2.04 bits per heavy atom. The summed E-state index contributed by atoms with van der Waals surface area (Å²) in [4.78, 5) is 28.0. The monoisotopic (exact) mass is 364 g/mol. The summed E-state index contributed by atoms with van der Waals surface area (Å²) in [6, 6.07) is 15.7. The number of benzene rings is 1. The molecule has 0 aliphatic heterocycles. The molecule has 0 fully saturated rings. The molecule has 0 saturated heterocycles. The fraction of sp³-hybridized carbons (Fsp3) is 0.200. The van der Waals surface area contributed by atoms with Gasteiger partial charge in [-0.3, -0.25) is 14.6 Å². The Morgan fingerprint density at radius 3 is 2.78 bits per heavy atom. The standard InChI is InChI=1S/C20H20N4O3/c1-14(22-20(26)18-9-10-19(25)24(2)23-18)15-6-5-8-17(12-15)27-13-16-7-3-4-11-21-16/h3-12,14H,13H2,1-2H3,(H,22,26). The van der Waals surface area contributed by atoms with Crippen LogP contribution in [0.2, 0.25) is 0 Å². The molecule has 1 unspecified atom stereocenters. The zero-order valence-corrected chi connectivity index (χ0v) is 15.1. The van der Waals surface area contributed by atoms with Gasteiger partial charge in [0.1, 0.15) is 18.1 Å². The van der Waals surface area contributed by atoms with Crippen LogP contribution in [-0.2, 0) is 13.7 Å².